The second-order valence-electron chi connectivity index (χ2n) is 5.52. The number of hydrogen-bond donors (Lipinski definition) is 2. The summed E-state index contributed by atoms with van der Waals surface area (Å²) in [7, 11) is -3.23. The highest BCUT2D eigenvalue weighted by Crippen LogP contribution is 2.28. The molecule has 1 aromatic carbocycles. The van der Waals surface area contributed by atoms with E-state index in [9.17, 15) is 13.2 Å². The number of sulfone groups is 1. The van der Waals surface area contributed by atoms with Crippen molar-refractivity contribution in [2.45, 2.75) is 19.9 Å². The van der Waals surface area contributed by atoms with Gasteiger partial charge in [0.05, 0.1) is 12.3 Å². The maximum Gasteiger partial charge on any atom is 0.269 e. The molecule has 1 atom stereocenters. The van der Waals surface area contributed by atoms with Crippen LogP contribution < -0.4 is 10.1 Å². The number of rotatable bonds is 7. The molecular formula is C17H21N3O4S. The SMILES string of the molecule is CCOc1ccccc1-c1cc(C(=O)NC(C)/C=C/S(C)(=O)=O)[nH]n1. The van der Waals surface area contributed by atoms with E-state index in [0.29, 0.717) is 18.1 Å². The number of carbonyl (C=O) groups is 1. The largest absolute Gasteiger partial charge is 0.493 e. The van der Waals surface area contributed by atoms with E-state index in [-0.39, 0.29) is 11.6 Å². The number of hydrogen-bond acceptors (Lipinski definition) is 5. The molecule has 0 bridgehead atoms. The lowest BCUT2D eigenvalue weighted by Crippen LogP contribution is -2.31. The van der Waals surface area contributed by atoms with Crippen LogP contribution in [-0.4, -0.2) is 43.4 Å². The molecule has 8 heteroatoms. The van der Waals surface area contributed by atoms with Gasteiger partial charge >= 0.3 is 0 Å². The minimum absolute atomic E-state index is 0.279. The van der Waals surface area contributed by atoms with Crippen molar-refractivity contribution in [3.63, 3.8) is 0 Å². The highest BCUT2D eigenvalue weighted by atomic mass is 32.2. The predicted octanol–water partition coefficient (Wildman–Crippen LogP) is 2.15. The summed E-state index contributed by atoms with van der Waals surface area (Å²) in [6.45, 7) is 4.10. The van der Waals surface area contributed by atoms with Crippen molar-refractivity contribution in [3.05, 3.63) is 47.5 Å². The number of nitrogens with zero attached hydrogens (tertiary/aromatic N) is 1. The molecule has 1 amide bonds. The van der Waals surface area contributed by atoms with E-state index in [1.165, 1.54) is 6.08 Å². The van der Waals surface area contributed by atoms with Gasteiger partial charge in [-0.1, -0.05) is 18.2 Å². The third-order valence-electron chi connectivity index (χ3n) is 3.26. The number of benzene rings is 1. The number of H-pyrrole nitrogens is 1. The van der Waals surface area contributed by atoms with E-state index in [2.05, 4.69) is 15.5 Å². The molecule has 0 spiro atoms. The second kappa shape index (κ2) is 7.98. The number of ether oxygens (including phenoxy) is 1. The van der Waals surface area contributed by atoms with Gasteiger partial charge in [-0.15, -0.1) is 0 Å². The predicted molar refractivity (Wildman–Crippen MR) is 96.1 cm³/mol. The summed E-state index contributed by atoms with van der Waals surface area (Å²) < 4.78 is 27.8. The molecule has 0 fully saturated rings. The Morgan fingerprint density at radius 1 is 1.40 bits per heavy atom. The third kappa shape index (κ3) is 5.46. The Bertz CT molecular complexity index is 872. The first-order valence-corrected chi connectivity index (χ1v) is 9.72. The molecule has 7 nitrogen and oxygen atoms in total. The fraction of sp³-hybridized carbons (Fsp3) is 0.294. The second-order valence-corrected chi connectivity index (χ2v) is 7.45. The molecule has 0 aliphatic carbocycles. The molecule has 2 rings (SSSR count). The Morgan fingerprint density at radius 2 is 2.12 bits per heavy atom. The van der Waals surface area contributed by atoms with Crippen LogP contribution in [0.2, 0.25) is 0 Å². The van der Waals surface area contributed by atoms with Crippen LogP contribution in [0.1, 0.15) is 24.3 Å². The first-order chi connectivity index (χ1) is 11.8. The first-order valence-electron chi connectivity index (χ1n) is 7.77. The number of nitrogens with one attached hydrogen (secondary N) is 2. The molecule has 134 valence electrons. The van der Waals surface area contributed by atoms with E-state index in [0.717, 1.165) is 17.2 Å². The normalized spacial score (nSPS) is 12.9. The number of para-hydroxylation sites is 1. The smallest absolute Gasteiger partial charge is 0.269 e. The maximum absolute atomic E-state index is 12.2. The molecule has 0 aliphatic heterocycles. The van der Waals surface area contributed by atoms with Gasteiger partial charge in [0.2, 0.25) is 0 Å². The number of aromatic nitrogens is 2. The van der Waals surface area contributed by atoms with Gasteiger partial charge < -0.3 is 10.1 Å². The van der Waals surface area contributed by atoms with Crippen LogP contribution in [0.15, 0.2) is 41.8 Å². The van der Waals surface area contributed by atoms with Crippen molar-refractivity contribution in [1.82, 2.24) is 15.5 Å². The number of aromatic amines is 1. The lowest BCUT2D eigenvalue weighted by atomic mass is 10.1. The van der Waals surface area contributed by atoms with Crippen LogP contribution in [0.3, 0.4) is 0 Å². The highest BCUT2D eigenvalue weighted by molar-refractivity contribution is 7.93. The monoisotopic (exact) mass is 363 g/mol. The van der Waals surface area contributed by atoms with E-state index in [1.807, 2.05) is 31.2 Å². The van der Waals surface area contributed by atoms with Gasteiger partial charge in [0.15, 0.2) is 9.84 Å². The number of amides is 1. The van der Waals surface area contributed by atoms with Crippen LogP contribution in [0, 0.1) is 0 Å². The van der Waals surface area contributed by atoms with Crippen molar-refractivity contribution in [3.8, 4) is 17.0 Å². The Labute approximate surface area is 147 Å². The quantitative estimate of drug-likeness (QED) is 0.785. The Kier molecular flexibility index (Phi) is 5.97. The standard InChI is InChI=1S/C17H21N3O4S/c1-4-24-16-8-6-5-7-13(16)14-11-15(20-19-14)17(21)18-12(2)9-10-25(3,22)23/h5-12H,4H2,1-3H3,(H,18,21)(H,19,20)/b10-9+. The minimum atomic E-state index is -3.23. The van der Waals surface area contributed by atoms with Gasteiger partial charge in [-0.25, -0.2) is 8.42 Å². The summed E-state index contributed by atoms with van der Waals surface area (Å²) in [5.41, 5.74) is 1.65. The maximum atomic E-state index is 12.2. The Balaban J connectivity index is 2.13. The van der Waals surface area contributed by atoms with Gasteiger partial charge in [-0.05, 0) is 32.0 Å². The zero-order valence-corrected chi connectivity index (χ0v) is 15.1. The highest BCUT2D eigenvalue weighted by Gasteiger charge is 2.15. The fourth-order valence-electron chi connectivity index (χ4n) is 2.13. The summed E-state index contributed by atoms with van der Waals surface area (Å²) in [6, 6.07) is 8.62. The van der Waals surface area contributed by atoms with Crippen molar-refractivity contribution in [2.75, 3.05) is 12.9 Å². The molecule has 1 aromatic heterocycles. The summed E-state index contributed by atoms with van der Waals surface area (Å²) in [5.74, 6) is 0.311. The molecule has 25 heavy (non-hydrogen) atoms. The molecule has 0 aliphatic rings. The summed E-state index contributed by atoms with van der Waals surface area (Å²) in [6.07, 6.45) is 2.50. The molecular weight excluding hydrogens is 342 g/mol. The molecule has 0 saturated heterocycles. The van der Waals surface area contributed by atoms with Crippen molar-refractivity contribution < 1.29 is 17.9 Å². The molecule has 1 unspecified atom stereocenters. The molecule has 2 N–H and O–H groups in total. The van der Waals surface area contributed by atoms with Crippen LogP contribution >= 0.6 is 0 Å². The molecule has 0 radical (unpaired) electrons. The Hall–Kier alpha value is -2.61. The zero-order valence-electron chi connectivity index (χ0n) is 14.3. The average molecular weight is 363 g/mol. The van der Waals surface area contributed by atoms with Gasteiger partial charge in [-0.3, -0.25) is 9.89 Å². The lowest BCUT2D eigenvalue weighted by Gasteiger charge is -2.08. The van der Waals surface area contributed by atoms with Crippen molar-refractivity contribution in [2.24, 2.45) is 0 Å². The van der Waals surface area contributed by atoms with Gasteiger partial charge in [0.25, 0.3) is 5.91 Å². The van der Waals surface area contributed by atoms with Gasteiger partial charge in [0.1, 0.15) is 11.4 Å². The van der Waals surface area contributed by atoms with E-state index < -0.39 is 15.9 Å². The lowest BCUT2D eigenvalue weighted by molar-refractivity contribution is 0.0942. The summed E-state index contributed by atoms with van der Waals surface area (Å²) in [5, 5.41) is 10.6. The molecule has 0 saturated carbocycles. The van der Waals surface area contributed by atoms with E-state index in [1.54, 1.807) is 13.0 Å². The van der Waals surface area contributed by atoms with E-state index in [4.69, 9.17) is 4.74 Å². The van der Waals surface area contributed by atoms with Crippen molar-refractivity contribution in [1.29, 1.82) is 0 Å². The van der Waals surface area contributed by atoms with Crippen LogP contribution in [0.5, 0.6) is 5.75 Å². The molecule has 1 heterocycles. The van der Waals surface area contributed by atoms with Gasteiger partial charge in [0, 0.05) is 23.3 Å². The zero-order chi connectivity index (χ0) is 18.4. The summed E-state index contributed by atoms with van der Waals surface area (Å²) in [4.78, 5) is 12.2. The average Bonchev–Trinajstić information content (AvgIpc) is 3.03. The van der Waals surface area contributed by atoms with Crippen LogP contribution in [-0.2, 0) is 9.84 Å². The first kappa shape index (κ1) is 18.7. The fourth-order valence-corrected chi connectivity index (χ4v) is 2.65. The molecule has 2 aromatic rings. The van der Waals surface area contributed by atoms with Gasteiger partial charge in [-0.2, -0.15) is 5.10 Å². The minimum Gasteiger partial charge on any atom is -0.493 e. The topological polar surface area (TPSA) is 101 Å². The number of carbonyl (C=O) groups excluding carboxylic acids is 1. The van der Waals surface area contributed by atoms with Crippen LogP contribution in [0.25, 0.3) is 11.3 Å². The van der Waals surface area contributed by atoms with Crippen molar-refractivity contribution >= 4 is 15.7 Å². The van der Waals surface area contributed by atoms with Crippen LogP contribution in [0.4, 0.5) is 0 Å². The van der Waals surface area contributed by atoms with E-state index >= 15 is 0 Å². The third-order valence-corrected chi connectivity index (χ3v) is 3.91. The Morgan fingerprint density at radius 3 is 2.80 bits per heavy atom. The summed E-state index contributed by atoms with van der Waals surface area (Å²) >= 11 is 0.